The zero-order valence-electron chi connectivity index (χ0n) is 11.3. The molecule has 0 bridgehead atoms. The molecule has 0 saturated carbocycles. The molecule has 1 saturated heterocycles. The molecule has 0 amide bonds. The van der Waals surface area contributed by atoms with Crippen LogP contribution in [0.25, 0.3) is 0 Å². The molecule has 0 N–H and O–H groups in total. The summed E-state index contributed by atoms with van der Waals surface area (Å²) in [6.07, 6.45) is 0.851. The van der Waals surface area contributed by atoms with Gasteiger partial charge >= 0.3 is 0 Å². The standard InChI is InChI=1S/C12H21N3OS2/c1-12(2,3)11-13-10(16-14-11)4-5-15-8-17-6-7-18-9-15/h4-9H2,1-3H3. The van der Waals surface area contributed by atoms with Gasteiger partial charge in [-0.15, -0.1) is 23.5 Å². The van der Waals surface area contributed by atoms with E-state index in [1.807, 2.05) is 23.5 Å². The van der Waals surface area contributed by atoms with Crippen molar-refractivity contribution in [2.75, 3.05) is 29.8 Å². The van der Waals surface area contributed by atoms with Crippen LogP contribution in [0.3, 0.4) is 0 Å². The average Bonchev–Trinajstić information content (AvgIpc) is 2.64. The van der Waals surface area contributed by atoms with E-state index in [0.29, 0.717) is 0 Å². The first-order valence-corrected chi connectivity index (χ1v) is 8.57. The first-order valence-electron chi connectivity index (χ1n) is 6.26. The molecule has 6 heteroatoms. The first-order chi connectivity index (χ1) is 8.55. The predicted octanol–water partition coefficient (Wildman–Crippen LogP) is 2.61. The molecule has 0 atom stereocenters. The summed E-state index contributed by atoms with van der Waals surface area (Å²) in [5, 5.41) is 4.05. The fraction of sp³-hybridized carbons (Fsp3) is 0.833. The number of rotatable bonds is 3. The summed E-state index contributed by atoms with van der Waals surface area (Å²) in [4.78, 5) is 6.92. The van der Waals surface area contributed by atoms with E-state index in [1.54, 1.807) is 0 Å². The Hall–Kier alpha value is -0.200. The zero-order chi connectivity index (χ0) is 13.0. The molecule has 1 aliphatic heterocycles. The van der Waals surface area contributed by atoms with Crippen molar-refractivity contribution in [3.05, 3.63) is 11.7 Å². The van der Waals surface area contributed by atoms with Crippen LogP contribution in [0.15, 0.2) is 4.52 Å². The smallest absolute Gasteiger partial charge is 0.227 e. The van der Waals surface area contributed by atoms with E-state index in [1.165, 1.54) is 11.5 Å². The zero-order valence-corrected chi connectivity index (χ0v) is 12.9. The molecular formula is C12H21N3OS2. The lowest BCUT2D eigenvalue weighted by atomic mass is 9.96. The average molecular weight is 287 g/mol. The van der Waals surface area contributed by atoms with Crippen molar-refractivity contribution in [1.29, 1.82) is 0 Å². The highest BCUT2D eigenvalue weighted by molar-refractivity contribution is 8.03. The Balaban J connectivity index is 1.84. The molecule has 1 aliphatic rings. The third-order valence-corrected chi connectivity index (χ3v) is 5.04. The molecule has 1 fully saturated rings. The highest BCUT2D eigenvalue weighted by atomic mass is 32.2. The van der Waals surface area contributed by atoms with Gasteiger partial charge in [0.05, 0.1) is 0 Å². The van der Waals surface area contributed by atoms with E-state index in [0.717, 1.165) is 36.4 Å². The number of aromatic nitrogens is 2. The quantitative estimate of drug-likeness (QED) is 0.851. The van der Waals surface area contributed by atoms with Gasteiger partial charge in [-0.1, -0.05) is 25.9 Å². The van der Waals surface area contributed by atoms with Gasteiger partial charge in [-0.3, -0.25) is 4.90 Å². The predicted molar refractivity (Wildman–Crippen MR) is 78.1 cm³/mol. The van der Waals surface area contributed by atoms with E-state index < -0.39 is 0 Å². The fourth-order valence-electron chi connectivity index (χ4n) is 1.59. The summed E-state index contributed by atoms with van der Waals surface area (Å²) in [5.74, 6) is 6.32. The molecule has 4 nitrogen and oxygen atoms in total. The van der Waals surface area contributed by atoms with Gasteiger partial charge in [0, 0.05) is 41.6 Å². The lowest BCUT2D eigenvalue weighted by Crippen LogP contribution is -2.24. The Morgan fingerprint density at radius 1 is 1.22 bits per heavy atom. The molecule has 0 spiro atoms. The van der Waals surface area contributed by atoms with Crippen LogP contribution in [0.2, 0.25) is 0 Å². The van der Waals surface area contributed by atoms with Gasteiger partial charge in [-0.25, -0.2) is 0 Å². The number of hydrogen-bond acceptors (Lipinski definition) is 6. The monoisotopic (exact) mass is 287 g/mol. The second kappa shape index (κ2) is 6.30. The van der Waals surface area contributed by atoms with Gasteiger partial charge in [0.25, 0.3) is 0 Å². The van der Waals surface area contributed by atoms with Gasteiger partial charge in [-0.05, 0) is 0 Å². The van der Waals surface area contributed by atoms with E-state index in [-0.39, 0.29) is 5.41 Å². The second-order valence-corrected chi connectivity index (χ2v) is 7.63. The van der Waals surface area contributed by atoms with Crippen LogP contribution in [0.1, 0.15) is 32.5 Å². The normalized spacial score (nSPS) is 18.8. The van der Waals surface area contributed by atoms with E-state index >= 15 is 0 Å². The van der Waals surface area contributed by atoms with Gasteiger partial charge in [-0.2, -0.15) is 4.98 Å². The highest BCUT2D eigenvalue weighted by Gasteiger charge is 2.21. The van der Waals surface area contributed by atoms with Crippen LogP contribution >= 0.6 is 23.5 Å². The van der Waals surface area contributed by atoms with E-state index in [4.69, 9.17) is 4.52 Å². The van der Waals surface area contributed by atoms with Gasteiger partial charge < -0.3 is 4.52 Å². The number of thioether (sulfide) groups is 2. The molecular weight excluding hydrogens is 266 g/mol. The van der Waals surface area contributed by atoms with Crippen molar-refractivity contribution >= 4 is 23.5 Å². The first kappa shape index (κ1) is 14.2. The molecule has 102 valence electrons. The van der Waals surface area contributed by atoms with Gasteiger partial charge in [0.15, 0.2) is 5.82 Å². The maximum Gasteiger partial charge on any atom is 0.227 e. The van der Waals surface area contributed by atoms with Gasteiger partial charge in [0.1, 0.15) is 0 Å². The maximum absolute atomic E-state index is 5.31. The van der Waals surface area contributed by atoms with Crippen molar-refractivity contribution in [1.82, 2.24) is 15.0 Å². The Bertz CT molecular complexity index is 368. The van der Waals surface area contributed by atoms with Crippen molar-refractivity contribution in [3.8, 4) is 0 Å². The Kier molecular flexibility index (Phi) is 4.98. The summed E-state index contributed by atoms with van der Waals surface area (Å²) >= 11 is 4.01. The summed E-state index contributed by atoms with van der Waals surface area (Å²) in [6, 6.07) is 0. The summed E-state index contributed by atoms with van der Waals surface area (Å²) in [5.41, 5.74) is -0.0317. The van der Waals surface area contributed by atoms with E-state index in [2.05, 4.69) is 35.8 Å². The fourth-order valence-corrected chi connectivity index (χ4v) is 3.86. The minimum absolute atomic E-state index is 0.0317. The number of hydrogen-bond donors (Lipinski definition) is 0. The van der Waals surface area contributed by atoms with E-state index in [9.17, 15) is 0 Å². The van der Waals surface area contributed by atoms with Gasteiger partial charge in [0.2, 0.25) is 5.89 Å². The minimum Gasteiger partial charge on any atom is -0.339 e. The molecule has 1 aromatic heterocycles. The third-order valence-electron chi connectivity index (χ3n) is 2.70. The van der Waals surface area contributed by atoms with Crippen LogP contribution in [0.5, 0.6) is 0 Å². The lowest BCUT2D eigenvalue weighted by Gasteiger charge is -2.17. The minimum atomic E-state index is -0.0317. The molecule has 1 aromatic rings. The van der Waals surface area contributed by atoms with Crippen molar-refractivity contribution in [3.63, 3.8) is 0 Å². The molecule has 0 unspecified atom stereocenters. The Morgan fingerprint density at radius 3 is 2.44 bits per heavy atom. The Labute approximate surface area is 117 Å². The maximum atomic E-state index is 5.31. The van der Waals surface area contributed by atoms with Crippen LogP contribution in [-0.4, -0.2) is 44.8 Å². The Morgan fingerprint density at radius 2 is 1.89 bits per heavy atom. The summed E-state index contributed by atoms with van der Waals surface area (Å²) < 4.78 is 5.31. The summed E-state index contributed by atoms with van der Waals surface area (Å²) in [6.45, 7) is 7.31. The van der Waals surface area contributed by atoms with Crippen molar-refractivity contribution in [2.45, 2.75) is 32.6 Å². The number of nitrogens with zero attached hydrogens (tertiary/aromatic N) is 3. The van der Waals surface area contributed by atoms with Crippen LogP contribution in [0, 0.1) is 0 Å². The van der Waals surface area contributed by atoms with Crippen molar-refractivity contribution in [2.24, 2.45) is 0 Å². The second-order valence-electron chi connectivity index (χ2n) is 5.48. The summed E-state index contributed by atoms with van der Waals surface area (Å²) in [7, 11) is 0. The van der Waals surface area contributed by atoms with Crippen molar-refractivity contribution < 1.29 is 4.52 Å². The van der Waals surface area contributed by atoms with Crippen LogP contribution in [0.4, 0.5) is 0 Å². The highest BCUT2D eigenvalue weighted by Crippen LogP contribution is 2.20. The molecule has 2 heterocycles. The molecule has 0 aromatic carbocycles. The molecule has 0 aliphatic carbocycles. The molecule has 18 heavy (non-hydrogen) atoms. The lowest BCUT2D eigenvalue weighted by molar-refractivity contribution is 0.328. The SMILES string of the molecule is CC(C)(C)c1noc(CCN2CSCCSC2)n1. The van der Waals surface area contributed by atoms with Crippen LogP contribution in [-0.2, 0) is 11.8 Å². The van der Waals surface area contributed by atoms with Crippen LogP contribution < -0.4 is 0 Å². The topological polar surface area (TPSA) is 42.2 Å². The largest absolute Gasteiger partial charge is 0.339 e. The molecule has 2 rings (SSSR count). The molecule has 0 radical (unpaired) electrons. The third kappa shape index (κ3) is 4.17.